The summed E-state index contributed by atoms with van der Waals surface area (Å²) in [6.07, 6.45) is 18.3. The number of carbonyl (C=O) groups excluding carboxylic acids is 2. The molecule has 0 aromatic heterocycles. The van der Waals surface area contributed by atoms with Crippen LogP contribution in [0.4, 0.5) is 0 Å². The van der Waals surface area contributed by atoms with Gasteiger partial charge >= 0.3 is 11.9 Å². The lowest BCUT2D eigenvalue weighted by atomic mass is 9.78. The normalized spacial score (nSPS) is 40.5. The first kappa shape index (κ1) is 87.4. The van der Waals surface area contributed by atoms with Gasteiger partial charge in [-0.3, -0.25) is 0 Å². The van der Waals surface area contributed by atoms with Gasteiger partial charge in [0.25, 0.3) is 0 Å². The largest absolute Gasteiger partial charge is 0.458 e. The summed E-state index contributed by atoms with van der Waals surface area (Å²) in [7, 11) is 9.98. The topological polar surface area (TPSA) is 266 Å². The van der Waals surface area contributed by atoms with Crippen molar-refractivity contribution in [3.05, 3.63) is 71.9 Å². The van der Waals surface area contributed by atoms with Gasteiger partial charge in [0, 0.05) is 116 Å². The van der Waals surface area contributed by atoms with Crippen molar-refractivity contribution in [1.29, 1.82) is 0 Å². The first-order valence-corrected chi connectivity index (χ1v) is 37.8. The van der Waals surface area contributed by atoms with E-state index in [1.165, 1.54) is 12.2 Å². The van der Waals surface area contributed by atoms with Crippen molar-refractivity contribution < 1.29 is 97.1 Å². The Balaban J connectivity index is 1.39. The maximum Gasteiger partial charge on any atom is 0.331 e. The Bertz CT molecular complexity index is 2350. The molecule has 100 heavy (non-hydrogen) atoms. The molecule has 0 unspecified atom stereocenters. The molecule has 0 radical (unpaired) electrons. The molecular weight excluding hydrogens is 1280 g/mol. The number of carbonyl (C=O) groups is 2. The van der Waals surface area contributed by atoms with Crippen LogP contribution < -0.4 is 0 Å². The second kappa shape index (κ2) is 44.6. The van der Waals surface area contributed by atoms with Gasteiger partial charge in [-0.05, 0) is 129 Å². The minimum Gasteiger partial charge on any atom is -0.458 e. The molecule has 4 bridgehead atoms. The summed E-state index contributed by atoms with van der Waals surface area (Å²) in [5.74, 6) is -5.21. The highest BCUT2D eigenvalue weighted by atomic mass is 16.6. The van der Waals surface area contributed by atoms with E-state index in [1.807, 2.05) is 79.7 Å². The van der Waals surface area contributed by atoms with Gasteiger partial charge in [0.05, 0.1) is 122 Å². The van der Waals surface area contributed by atoms with Crippen molar-refractivity contribution in [2.75, 3.05) is 42.7 Å². The van der Waals surface area contributed by atoms with Crippen molar-refractivity contribution in [3.63, 3.8) is 0 Å². The van der Waals surface area contributed by atoms with Crippen molar-refractivity contribution in [2.24, 2.45) is 47.3 Å². The van der Waals surface area contributed by atoms with E-state index in [-0.39, 0.29) is 97.9 Å². The van der Waals surface area contributed by atoms with Crippen LogP contribution in [-0.2, 0) is 66.4 Å². The molecule has 2 fully saturated rings. The van der Waals surface area contributed by atoms with Crippen LogP contribution in [0.5, 0.6) is 0 Å². The Morgan fingerprint density at radius 3 is 1.12 bits per heavy atom. The molecule has 0 aliphatic carbocycles. The molecule has 0 aromatic carbocycles. The second-order valence-corrected chi connectivity index (χ2v) is 30.7. The highest BCUT2D eigenvalue weighted by Crippen LogP contribution is 2.37. The van der Waals surface area contributed by atoms with Crippen LogP contribution in [-0.4, -0.2) is 220 Å². The van der Waals surface area contributed by atoms with Crippen LogP contribution in [0.2, 0.25) is 0 Å². The van der Waals surface area contributed by atoms with E-state index in [1.54, 1.807) is 68.7 Å². The number of ether oxygens (including phenoxy) is 12. The van der Waals surface area contributed by atoms with Gasteiger partial charge in [0.1, 0.15) is 12.2 Å². The fraction of sp³-hybridized carbons (Fsp3) is 0.825. The Hall–Kier alpha value is -3.26. The number of aliphatic hydroxyl groups is 6. The molecule has 30 atom stereocenters. The number of fused-ring (bicyclic) bond motifs is 4. The summed E-state index contributed by atoms with van der Waals surface area (Å²) >= 11 is 0. The lowest BCUT2D eigenvalue weighted by Gasteiger charge is -2.38. The van der Waals surface area contributed by atoms with Gasteiger partial charge in [-0.25, -0.2) is 9.59 Å². The van der Waals surface area contributed by atoms with Gasteiger partial charge in [-0.15, -0.1) is 0 Å². The quantitative estimate of drug-likeness (QED) is 0.0550. The van der Waals surface area contributed by atoms with E-state index in [9.17, 15) is 40.2 Å². The van der Waals surface area contributed by atoms with Crippen molar-refractivity contribution >= 4 is 11.9 Å². The molecule has 0 spiro atoms. The standard InChI is InChI=1S/C80H136O20/c1-47-25-31-59(89-13)39-61-21-19-23-63(97-61)43-73(93-17)54(8)70(82)46-72(84)56(10)80(58(12)78(88)50(4)30-34-66-42-68(92-16)38-52(6)96-66)100-76(86)36-28-48(2)26-32-60(90-14)40-62-22-20-24-64(98-62)44-74(94-18)53(7)69(81)45-71(83)55(9)79(99-75(85)35-27-47)57(11)77(87)49(3)29-33-65-41-67(91-15)37-51(5)95-65/h19-22,25-28,35-36,49-74,77-84,87-88H,23-24,29-34,37-46H2,1-18H3/b35-27+,36-28+,47-25+,48-26+/t49-,50-,51-,52-,53-,54+,55-,56-,57-,58-,59-,60-,61-,62-,63-,64-,65-,66-,67+,68+,69+,70+,71+,72+,73-,74-,77-,78-,79-,80-/m0/s1. The van der Waals surface area contributed by atoms with E-state index in [0.717, 1.165) is 49.7 Å². The summed E-state index contributed by atoms with van der Waals surface area (Å²) in [4.78, 5) is 28.0. The minimum atomic E-state index is -1.14. The molecule has 5 aliphatic rings. The average Bonchev–Trinajstić information content (AvgIpc) is 0.842. The van der Waals surface area contributed by atoms with Crippen LogP contribution in [0, 0.1) is 47.3 Å². The second-order valence-electron chi connectivity index (χ2n) is 30.7. The monoisotopic (exact) mass is 1420 g/mol. The summed E-state index contributed by atoms with van der Waals surface area (Å²) < 4.78 is 73.9. The van der Waals surface area contributed by atoms with Gasteiger partial charge in [0.2, 0.25) is 0 Å². The summed E-state index contributed by atoms with van der Waals surface area (Å²) in [5, 5.41) is 72.1. The van der Waals surface area contributed by atoms with Crippen molar-refractivity contribution in [2.45, 2.75) is 333 Å². The van der Waals surface area contributed by atoms with Crippen LogP contribution in [0.25, 0.3) is 0 Å². The summed E-state index contributed by atoms with van der Waals surface area (Å²) in [6.45, 7) is 22.9. The van der Waals surface area contributed by atoms with Crippen LogP contribution in [0.1, 0.15) is 199 Å². The van der Waals surface area contributed by atoms with E-state index < -0.39 is 108 Å². The lowest BCUT2D eigenvalue weighted by molar-refractivity contribution is -0.158. The maximum absolute atomic E-state index is 14.0. The third kappa shape index (κ3) is 28.6. The number of cyclic esters (lactones) is 2. The fourth-order valence-corrected chi connectivity index (χ4v) is 15.7. The number of allylic oxidation sites excluding steroid dienone is 4. The molecule has 0 saturated carbocycles. The molecule has 5 heterocycles. The molecule has 20 nitrogen and oxygen atoms in total. The van der Waals surface area contributed by atoms with Crippen molar-refractivity contribution in [3.8, 4) is 0 Å². The Morgan fingerprint density at radius 2 is 0.780 bits per heavy atom. The first-order chi connectivity index (χ1) is 47.5. The summed E-state index contributed by atoms with van der Waals surface area (Å²) in [5.41, 5.74) is 1.58. The van der Waals surface area contributed by atoms with Gasteiger partial charge in [-0.1, -0.05) is 115 Å². The zero-order chi connectivity index (χ0) is 73.9. The van der Waals surface area contributed by atoms with Gasteiger partial charge < -0.3 is 87.5 Å². The van der Waals surface area contributed by atoms with E-state index in [0.29, 0.717) is 64.2 Å². The molecule has 0 amide bonds. The first-order valence-electron chi connectivity index (χ1n) is 37.8. The number of hydrogen-bond acceptors (Lipinski definition) is 20. The smallest absolute Gasteiger partial charge is 0.331 e. The number of methoxy groups -OCH3 is 6. The average molecular weight is 1420 g/mol. The molecule has 6 N–H and O–H groups in total. The zero-order valence-electron chi connectivity index (χ0n) is 64.2. The molecule has 576 valence electrons. The van der Waals surface area contributed by atoms with E-state index in [4.69, 9.17) is 56.8 Å². The predicted octanol–water partition coefficient (Wildman–Crippen LogP) is 11.4. The highest BCUT2D eigenvalue weighted by Gasteiger charge is 2.42. The third-order valence-corrected chi connectivity index (χ3v) is 22.9. The molecule has 0 aromatic rings. The fourth-order valence-electron chi connectivity index (χ4n) is 15.7. The highest BCUT2D eigenvalue weighted by molar-refractivity contribution is 5.83. The minimum absolute atomic E-state index is 0.0171. The molecule has 5 aliphatic heterocycles. The third-order valence-electron chi connectivity index (χ3n) is 22.9. The predicted molar refractivity (Wildman–Crippen MR) is 387 cm³/mol. The van der Waals surface area contributed by atoms with Crippen LogP contribution >= 0.6 is 0 Å². The Labute approximate surface area is 601 Å². The molecule has 2 saturated heterocycles. The number of rotatable bonds is 18. The van der Waals surface area contributed by atoms with Gasteiger partial charge in [-0.2, -0.15) is 0 Å². The van der Waals surface area contributed by atoms with Gasteiger partial charge in [0.15, 0.2) is 0 Å². The Morgan fingerprint density at radius 1 is 0.430 bits per heavy atom. The zero-order valence-corrected chi connectivity index (χ0v) is 64.2. The van der Waals surface area contributed by atoms with Crippen molar-refractivity contribution in [1.82, 2.24) is 0 Å². The maximum atomic E-state index is 14.0. The van der Waals surface area contributed by atoms with E-state index >= 15 is 0 Å². The number of hydrogen-bond donors (Lipinski definition) is 6. The number of aliphatic hydroxyl groups excluding tert-OH is 6. The number of esters is 2. The van der Waals surface area contributed by atoms with Crippen LogP contribution in [0.3, 0.4) is 0 Å². The Kier molecular flexibility index (Phi) is 39.0. The molecular formula is C80H136O20. The summed E-state index contributed by atoms with van der Waals surface area (Å²) in [6, 6.07) is 0. The lowest BCUT2D eigenvalue weighted by Crippen LogP contribution is -2.45. The SMILES string of the molecule is CO[C@H]1C[C@H](CC[C@H](C)[C@H](O)[C@H](C)[C@H]2OC(=O)/C=C/C(C)=C/C[C@H](OC)C[C@@H]3C=CC[C@@H](C[C@H](OC)[C@@H](C)[C@H](O)C[C@@H](O)[C@H](C)[C@@H]([C@@H](C)[C@@H](O)[C@@H](C)CC[C@H]4C[C@H](OC)C[C@H](C)O4)OC(=O)/C=C/C(C)=C/C[C@H](OC)C[C@@H]4C=CC[C@@H](C[C@H](OC)[C@H](C)[C@H](O)C[C@@H](O)[C@@H]2C)O4)O3)O[C@@H](C)C1. The van der Waals surface area contributed by atoms with E-state index in [2.05, 4.69) is 26.0 Å². The molecule has 5 rings (SSSR count). The molecule has 20 heteroatoms. The van der Waals surface area contributed by atoms with Crippen LogP contribution in [0.15, 0.2) is 71.9 Å².